The van der Waals surface area contributed by atoms with E-state index in [4.69, 9.17) is 4.74 Å². The summed E-state index contributed by atoms with van der Waals surface area (Å²) < 4.78 is 5.31. The normalized spacial score (nSPS) is 25.0. The van der Waals surface area contributed by atoms with Gasteiger partial charge in [0.2, 0.25) is 11.8 Å². The first-order chi connectivity index (χ1) is 10.8. The number of ether oxygens (including phenoxy) is 1. The van der Waals surface area contributed by atoms with Crippen LogP contribution in [-0.2, 0) is 14.3 Å². The van der Waals surface area contributed by atoms with E-state index in [0.717, 1.165) is 31.7 Å². The summed E-state index contributed by atoms with van der Waals surface area (Å²) in [7, 11) is 0. The Morgan fingerprint density at radius 2 is 1.78 bits per heavy atom. The zero-order valence-electron chi connectivity index (χ0n) is 13.7. The molecule has 1 aliphatic carbocycles. The van der Waals surface area contributed by atoms with E-state index in [1.54, 1.807) is 4.90 Å². The van der Waals surface area contributed by atoms with Gasteiger partial charge in [0.1, 0.15) is 6.04 Å². The van der Waals surface area contributed by atoms with Crippen molar-refractivity contribution in [2.24, 2.45) is 5.92 Å². The van der Waals surface area contributed by atoms with Gasteiger partial charge in [-0.1, -0.05) is 0 Å². The van der Waals surface area contributed by atoms with E-state index >= 15 is 0 Å². The molecule has 0 aromatic carbocycles. The Kier molecular flexibility index (Phi) is 7.11. The number of amides is 2. The molecule has 0 radical (unpaired) electrons. The fraction of sp³-hybridized carbons (Fsp3) is 0.875. The van der Waals surface area contributed by atoms with Crippen LogP contribution in [0.3, 0.4) is 0 Å². The molecule has 23 heavy (non-hydrogen) atoms. The number of piperidine rings is 1. The molecule has 132 valence electrons. The summed E-state index contributed by atoms with van der Waals surface area (Å²) >= 11 is 0. The molecular formula is C16H28ClN3O3. The van der Waals surface area contributed by atoms with E-state index in [2.05, 4.69) is 5.32 Å². The Bertz CT molecular complexity index is 411. The van der Waals surface area contributed by atoms with Crippen LogP contribution in [0.1, 0.15) is 32.1 Å². The minimum absolute atomic E-state index is 0. The number of likely N-dealkylation sites (tertiary alicyclic amines) is 1. The van der Waals surface area contributed by atoms with Crippen LogP contribution < -0.4 is 5.32 Å². The van der Waals surface area contributed by atoms with Crippen molar-refractivity contribution >= 4 is 24.2 Å². The first-order valence-corrected chi connectivity index (χ1v) is 8.62. The van der Waals surface area contributed by atoms with Gasteiger partial charge in [-0.2, -0.15) is 0 Å². The molecule has 0 spiro atoms. The summed E-state index contributed by atoms with van der Waals surface area (Å²) in [5.41, 5.74) is 0. The van der Waals surface area contributed by atoms with Gasteiger partial charge in [-0.25, -0.2) is 0 Å². The van der Waals surface area contributed by atoms with Crippen LogP contribution in [0, 0.1) is 5.92 Å². The lowest BCUT2D eigenvalue weighted by atomic mass is 10.0. The van der Waals surface area contributed by atoms with Gasteiger partial charge in [0.25, 0.3) is 0 Å². The monoisotopic (exact) mass is 345 g/mol. The third-order valence-corrected chi connectivity index (χ3v) is 4.84. The number of carbonyl (C=O) groups is 2. The summed E-state index contributed by atoms with van der Waals surface area (Å²) in [5, 5.41) is 3.25. The Balaban J connectivity index is 0.00000192. The van der Waals surface area contributed by atoms with Crippen molar-refractivity contribution in [3.05, 3.63) is 0 Å². The van der Waals surface area contributed by atoms with Crippen molar-refractivity contribution in [3.8, 4) is 0 Å². The molecule has 6 nitrogen and oxygen atoms in total. The lowest BCUT2D eigenvalue weighted by molar-refractivity contribution is -0.149. The molecule has 1 atom stereocenters. The minimum atomic E-state index is -0.262. The Labute approximate surface area is 144 Å². The second-order valence-corrected chi connectivity index (χ2v) is 6.61. The van der Waals surface area contributed by atoms with Gasteiger partial charge >= 0.3 is 0 Å². The maximum atomic E-state index is 12.7. The molecular weight excluding hydrogens is 318 g/mol. The van der Waals surface area contributed by atoms with Crippen molar-refractivity contribution in [1.29, 1.82) is 0 Å². The molecule has 7 heteroatoms. The number of halogens is 1. The third kappa shape index (κ3) is 5.06. The Morgan fingerprint density at radius 3 is 2.48 bits per heavy atom. The molecule has 2 saturated heterocycles. The minimum Gasteiger partial charge on any atom is -0.378 e. The Hall–Kier alpha value is -0.850. The largest absolute Gasteiger partial charge is 0.378 e. The molecule has 2 amide bonds. The van der Waals surface area contributed by atoms with Crippen LogP contribution in [0.5, 0.6) is 0 Å². The van der Waals surface area contributed by atoms with Gasteiger partial charge in [0.15, 0.2) is 0 Å². The van der Waals surface area contributed by atoms with Crippen molar-refractivity contribution in [2.45, 2.75) is 38.1 Å². The second kappa shape index (κ2) is 8.85. The lowest BCUT2D eigenvalue weighted by Gasteiger charge is -2.38. The maximum absolute atomic E-state index is 12.7. The van der Waals surface area contributed by atoms with Gasteiger partial charge in [0, 0.05) is 19.6 Å². The third-order valence-electron chi connectivity index (χ3n) is 4.84. The zero-order valence-corrected chi connectivity index (χ0v) is 14.5. The molecule has 1 N–H and O–H groups in total. The quantitative estimate of drug-likeness (QED) is 0.794. The molecule has 3 aliphatic rings. The summed E-state index contributed by atoms with van der Waals surface area (Å²) in [6.07, 6.45) is 5.39. The van der Waals surface area contributed by atoms with Gasteiger partial charge in [-0.05, 0) is 44.6 Å². The van der Waals surface area contributed by atoms with E-state index in [9.17, 15) is 9.59 Å². The molecule has 1 saturated carbocycles. The number of carbonyl (C=O) groups excluding carboxylic acids is 2. The number of morpholine rings is 1. The molecule has 1 unspecified atom stereocenters. The van der Waals surface area contributed by atoms with Crippen LogP contribution in [0.4, 0.5) is 0 Å². The average molecular weight is 346 g/mol. The SMILES string of the molecule is Cl.O=C(C1CCCCN1C(=O)CNCC1CC1)N1CCOCC1. The topological polar surface area (TPSA) is 61.9 Å². The predicted octanol–water partition coefficient (Wildman–Crippen LogP) is 0.648. The molecule has 0 aromatic heterocycles. The summed E-state index contributed by atoms with van der Waals surface area (Å²) in [6, 6.07) is -0.262. The van der Waals surface area contributed by atoms with Gasteiger partial charge in [0.05, 0.1) is 19.8 Å². The highest BCUT2D eigenvalue weighted by Crippen LogP contribution is 2.27. The summed E-state index contributed by atoms with van der Waals surface area (Å²) in [6.45, 7) is 4.52. The molecule has 2 aliphatic heterocycles. The van der Waals surface area contributed by atoms with Crippen LogP contribution >= 0.6 is 12.4 Å². The molecule has 3 rings (SSSR count). The lowest BCUT2D eigenvalue weighted by Crippen LogP contribution is -2.56. The fourth-order valence-electron chi connectivity index (χ4n) is 3.29. The zero-order chi connectivity index (χ0) is 15.4. The van der Waals surface area contributed by atoms with Gasteiger partial charge in [-0.15, -0.1) is 12.4 Å². The number of hydrogen-bond donors (Lipinski definition) is 1. The van der Waals surface area contributed by atoms with Crippen LogP contribution in [0.2, 0.25) is 0 Å². The first kappa shape index (κ1) is 18.5. The average Bonchev–Trinajstić information content (AvgIpc) is 3.39. The van der Waals surface area contributed by atoms with Crippen molar-refractivity contribution in [3.63, 3.8) is 0 Å². The van der Waals surface area contributed by atoms with Crippen molar-refractivity contribution in [2.75, 3.05) is 45.9 Å². The van der Waals surface area contributed by atoms with E-state index in [1.807, 2.05) is 4.90 Å². The van der Waals surface area contributed by atoms with Crippen molar-refractivity contribution < 1.29 is 14.3 Å². The maximum Gasteiger partial charge on any atom is 0.245 e. The molecule has 2 heterocycles. The van der Waals surface area contributed by atoms with Gasteiger partial charge < -0.3 is 19.9 Å². The summed E-state index contributed by atoms with van der Waals surface area (Å²) in [4.78, 5) is 28.8. The van der Waals surface area contributed by atoms with Crippen LogP contribution in [0.15, 0.2) is 0 Å². The predicted molar refractivity (Wildman–Crippen MR) is 89.6 cm³/mol. The number of nitrogens with one attached hydrogen (secondary N) is 1. The van der Waals surface area contributed by atoms with Crippen molar-refractivity contribution in [1.82, 2.24) is 15.1 Å². The molecule has 0 aromatic rings. The summed E-state index contributed by atoms with van der Waals surface area (Å²) in [5.74, 6) is 0.949. The van der Waals surface area contributed by atoms with Gasteiger partial charge in [-0.3, -0.25) is 9.59 Å². The van der Waals surface area contributed by atoms with E-state index < -0.39 is 0 Å². The highest BCUT2D eigenvalue weighted by atomic mass is 35.5. The Morgan fingerprint density at radius 1 is 1.04 bits per heavy atom. The second-order valence-electron chi connectivity index (χ2n) is 6.61. The molecule has 3 fully saturated rings. The van der Waals surface area contributed by atoms with E-state index in [0.29, 0.717) is 39.4 Å². The highest BCUT2D eigenvalue weighted by Gasteiger charge is 2.35. The van der Waals surface area contributed by atoms with Crippen LogP contribution in [-0.4, -0.2) is 73.6 Å². The molecule has 0 bridgehead atoms. The van der Waals surface area contributed by atoms with Crippen LogP contribution in [0.25, 0.3) is 0 Å². The van der Waals surface area contributed by atoms with E-state index in [1.165, 1.54) is 12.8 Å². The number of rotatable bonds is 5. The number of nitrogens with zero attached hydrogens (tertiary/aromatic N) is 2. The fourth-order valence-corrected chi connectivity index (χ4v) is 3.29. The first-order valence-electron chi connectivity index (χ1n) is 8.62. The highest BCUT2D eigenvalue weighted by molar-refractivity contribution is 5.88. The smallest absolute Gasteiger partial charge is 0.245 e. The van der Waals surface area contributed by atoms with E-state index in [-0.39, 0.29) is 30.3 Å². The standard InChI is InChI=1S/C16H27N3O3.ClH/c20-15(12-17-11-13-4-5-13)19-6-2-1-3-14(19)16(21)18-7-9-22-10-8-18;/h13-14,17H,1-12H2;1H. The number of hydrogen-bond acceptors (Lipinski definition) is 4.